The quantitative estimate of drug-likeness (QED) is 0.868. The van der Waals surface area contributed by atoms with Gasteiger partial charge in [-0.1, -0.05) is 30.8 Å². The molecule has 134 valence electrons. The monoisotopic (exact) mass is 351 g/mol. The van der Waals surface area contributed by atoms with Crippen molar-refractivity contribution in [2.24, 2.45) is 0 Å². The van der Waals surface area contributed by atoms with Crippen LogP contribution in [-0.2, 0) is 11.3 Å². The molecule has 6 heteroatoms. The van der Waals surface area contributed by atoms with Gasteiger partial charge in [-0.2, -0.15) is 0 Å². The Bertz CT molecular complexity index is 826. The summed E-state index contributed by atoms with van der Waals surface area (Å²) in [5.41, 5.74) is 2.67. The predicted molar refractivity (Wildman–Crippen MR) is 98.4 cm³/mol. The Morgan fingerprint density at radius 2 is 1.96 bits per heavy atom. The minimum Gasteiger partial charge on any atom is -0.475 e. The van der Waals surface area contributed by atoms with Gasteiger partial charge < -0.3 is 10.1 Å². The summed E-state index contributed by atoms with van der Waals surface area (Å²) in [6, 6.07) is 10.9. The summed E-state index contributed by atoms with van der Waals surface area (Å²) < 4.78 is 5.65. The van der Waals surface area contributed by atoms with E-state index < -0.39 is 0 Å². The zero-order valence-electron chi connectivity index (χ0n) is 14.9. The number of aromatic nitrogens is 1. The van der Waals surface area contributed by atoms with Gasteiger partial charge in [0.05, 0.1) is 6.10 Å². The van der Waals surface area contributed by atoms with Crippen LogP contribution in [0.4, 0.5) is 0 Å². The van der Waals surface area contributed by atoms with Gasteiger partial charge in [-0.3, -0.25) is 14.5 Å². The molecule has 2 heterocycles. The molecule has 0 unspecified atom stereocenters. The van der Waals surface area contributed by atoms with Crippen molar-refractivity contribution in [3.8, 4) is 5.88 Å². The van der Waals surface area contributed by atoms with Crippen LogP contribution >= 0.6 is 0 Å². The van der Waals surface area contributed by atoms with Gasteiger partial charge in [0.15, 0.2) is 0 Å². The minimum atomic E-state index is -0.272. The van der Waals surface area contributed by atoms with E-state index in [9.17, 15) is 9.59 Å². The second kappa shape index (κ2) is 7.39. The largest absolute Gasteiger partial charge is 0.475 e. The van der Waals surface area contributed by atoms with Crippen LogP contribution in [0.3, 0.4) is 0 Å². The second-order valence-electron chi connectivity index (χ2n) is 6.29. The molecule has 1 N–H and O–H groups in total. The zero-order valence-corrected chi connectivity index (χ0v) is 14.9. The fourth-order valence-electron chi connectivity index (χ4n) is 2.78. The molecule has 1 aromatic heterocycles. The molecule has 0 fully saturated rings. The normalized spacial score (nSPS) is 13.1. The average molecular weight is 351 g/mol. The number of rotatable bonds is 6. The van der Waals surface area contributed by atoms with Crippen LogP contribution in [0, 0.1) is 0 Å². The molecule has 1 aliphatic rings. The van der Waals surface area contributed by atoms with E-state index in [-0.39, 0.29) is 31.0 Å². The van der Waals surface area contributed by atoms with E-state index in [0.717, 1.165) is 11.1 Å². The van der Waals surface area contributed by atoms with Crippen molar-refractivity contribution in [3.05, 3.63) is 65.9 Å². The third kappa shape index (κ3) is 3.59. The van der Waals surface area contributed by atoms with Crippen LogP contribution in [0.2, 0.25) is 0 Å². The first kappa shape index (κ1) is 17.7. The fourth-order valence-corrected chi connectivity index (χ4v) is 2.78. The van der Waals surface area contributed by atoms with E-state index in [1.807, 2.05) is 32.0 Å². The lowest BCUT2D eigenvalue weighted by Gasteiger charge is -2.17. The minimum absolute atomic E-state index is 0.0107. The van der Waals surface area contributed by atoms with Gasteiger partial charge in [0.1, 0.15) is 6.54 Å². The van der Waals surface area contributed by atoms with Crippen LogP contribution in [0.15, 0.2) is 49.2 Å². The molecule has 6 nitrogen and oxygen atoms in total. The third-order valence-corrected chi connectivity index (χ3v) is 4.01. The molecule has 1 aromatic carbocycles. The topological polar surface area (TPSA) is 71.5 Å². The number of hydrogen-bond acceptors (Lipinski definition) is 4. The van der Waals surface area contributed by atoms with Crippen LogP contribution in [0.5, 0.6) is 5.88 Å². The van der Waals surface area contributed by atoms with Crippen molar-refractivity contribution in [3.63, 3.8) is 0 Å². The number of amides is 2. The fraction of sp³-hybridized carbons (Fsp3) is 0.250. The number of carbonyl (C=O) groups excluding carboxylic acids is 2. The Hall–Kier alpha value is -3.15. The standard InChI is InChI=1S/C20H21N3O3/c1-13(2)26-19-15(7-6-10-21-19)11-22-18(24)12-23-14(3)16-8-4-5-9-17(16)20(23)25/h4-10,13H,3,11-12H2,1-2H3,(H,22,24). The summed E-state index contributed by atoms with van der Waals surface area (Å²) in [7, 11) is 0. The molecule has 3 rings (SSSR count). The lowest BCUT2D eigenvalue weighted by molar-refractivity contribution is -0.121. The molecule has 0 atom stereocenters. The van der Waals surface area contributed by atoms with Crippen molar-refractivity contribution in [1.29, 1.82) is 0 Å². The highest BCUT2D eigenvalue weighted by Gasteiger charge is 2.31. The number of ether oxygens (including phenoxy) is 1. The van der Waals surface area contributed by atoms with Gasteiger partial charge in [-0.25, -0.2) is 4.98 Å². The molecule has 0 saturated carbocycles. The molecular weight excluding hydrogens is 330 g/mol. The summed E-state index contributed by atoms with van der Waals surface area (Å²) in [6.07, 6.45) is 1.64. The van der Waals surface area contributed by atoms with E-state index in [4.69, 9.17) is 4.74 Å². The Morgan fingerprint density at radius 1 is 1.23 bits per heavy atom. The van der Waals surface area contributed by atoms with Crippen molar-refractivity contribution in [2.75, 3.05) is 6.54 Å². The van der Waals surface area contributed by atoms with Gasteiger partial charge in [0, 0.05) is 35.1 Å². The van der Waals surface area contributed by atoms with Crippen LogP contribution < -0.4 is 10.1 Å². The first-order valence-corrected chi connectivity index (χ1v) is 8.44. The van der Waals surface area contributed by atoms with Gasteiger partial charge in [-0.15, -0.1) is 0 Å². The highest BCUT2D eigenvalue weighted by molar-refractivity contribution is 6.10. The number of hydrogen-bond donors (Lipinski definition) is 1. The summed E-state index contributed by atoms with van der Waals surface area (Å²) >= 11 is 0. The number of carbonyl (C=O) groups is 2. The molecule has 0 saturated heterocycles. The number of benzene rings is 1. The molecule has 0 bridgehead atoms. The van der Waals surface area contributed by atoms with Gasteiger partial charge in [-0.05, 0) is 26.0 Å². The Morgan fingerprint density at radius 3 is 2.65 bits per heavy atom. The van der Waals surface area contributed by atoms with Crippen molar-refractivity contribution < 1.29 is 14.3 Å². The molecule has 26 heavy (non-hydrogen) atoms. The maximum absolute atomic E-state index is 12.4. The lowest BCUT2D eigenvalue weighted by atomic mass is 10.1. The van der Waals surface area contributed by atoms with Crippen molar-refractivity contribution in [2.45, 2.75) is 26.5 Å². The highest BCUT2D eigenvalue weighted by Crippen LogP contribution is 2.30. The van der Waals surface area contributed by atoms with Gasteiger partial charge in [0.2, 0.25) is 11.8 Å². The first-order valence-electron chi connectivity index (χ1n) is 8.44. The molecule has 0 radical (unpaired) electrons. The first-order chi connectivity index (χ1) is 12.5. The summed E-state index contributed by atoms with van der Waals surface area (Å²) in [4.78, 5) is 30.4. The SMILES string of the molecule is C=C1c2ccccc2C(=O)N1CC(=O)NCc1cccnc1OC(C)C. The molecule has 1 aliphatic heterocycles. The maximum Gasteiger partial charge on any atom is 0.259 e. The Kier molecular flexibility index (Phi) is 5.02. The van der Waals surface area contributed by atoms with Crippen molar-refractivity contribution >= 4 is 17.5 Å². The predicted octanol–water partition coefficient (Wildman–Crippen LogP) is 2.61. The van der Waals surface area contributed by atoms with Crippen molar-refractivity contribution in [1.82, 2.24) is 15.2 Å². The van der Waals surface area contributed by atoms with E-state index >= 15 is 0 Å². The summed E-state index contributed by atoms with van der Waals surface area (Å²) in [5.74, 6) is 0.0227. The third-order valence-electron chi connectivity index (χ3n) is 4.01. The number of pyridine rings is 1. The van der Waals surface area contributed by atoms with E-state index in [0.29, 0.717) is 17.1 Å². The number of nitrogens with one attached hydrogen (secondary N) is 1. The Labute approximate surface area is 152 Å². The average Bonchev–Trinajstić information content (AvgIpc) is 2.86. The van der Waals surface area contributed by atoms with Gasteiger partial charge >= 0.3 is 0 Å². The van der Waals surface area contributed by atoms with E-state index in [1.165, 1.54) is 4.90 Å². The number of nitrogens with zero attached hydrogens (tertiary/aromatic N) is 2. The molecule has 2 amide bonds. The van der Waals surface area contributed by atoms with Crippen LogP contribution in [0.1, 0.15) is 35.3 Å². The second-order valence-corrected chi connectivity index (χ2v) is 6.29. The van der Waals surface area contributed by atoms with Crippen LogP contribution in [0.25, 0.3) is 5.70 Å². The molecular formula is C20H21N3O3. The van der Waals surface area contributed by atoms with E-state index in [1.54, 1.807) is 24.4 Å². The van der Waals surface area contributed by atoms with Crippen LogP contribution in [-0.4, -0.2) is 34.3 Å². The molecule has 0 spiro atoms. The lowest BCUT2D eigenvalue weighted by Crippen LogP contribution is -2.36. The number of fused-ring (bicyclic) bond motifs is 1. The maximum atomic E-state index is 12.4. The summed E-state index contributed by atoms with van der Waals surface area (Å²) in [5, 5.41) is 2.81. The zero-order chi connectivity index (χ0) is 18.7. The smallest absolute Gasteiger partial charge is 0.259 e. The Balaban J connectivity index is 1.63. The highest BCUT2D eigenvalue weighted by atomic mass is 16.5. The van der Waals surface area contributed by atoms with E-state index in [2.05, 4.69) is 16.9 Å². The summed E-state index contributed by atoms with van der Waals surface area (Å²) in [6.45, 7) is 7.97. The molecule has 0 aliphatic carbocycles. The van der Waals surface area contributed by atoms with Gasteiger partial charge in [0.25, 0.3) is 5.91 Å². The molecule has 2 aromatic rings.